The van der Waals surface area contributed by atoms with E-state index < -0.39 is 0 Å². The van der Waals surface area contributed by atoms with Crippen molar-refractivity contribution in [3.63, 3.8) is 0 Å². The number of aryl methyl sites for hydroxylation is 2. The van der Waals surface area contributed by atoms with Crippen molar-refractivity contribution in [3.8, 4) is 0 Å². The van der Waals surface area contributed by atoms with E-state index in [9.17, 15) is 0 Å². The Morgan fingerprint density at radius 1 is 1.38 bits per heavy atom. The highest BCUT2D eigenvalue weighted by atomic mass is 15.2. The third-order valence-corrected chi connectivity index (χ3v) is 3.44. The van der Waals surface area contributed by atoms with Crippen molar-refractivity contribution in [1.29, 1.82) is 0 Å². The lowest BCUT2D eigenvalue weighted by molar-refractivity contribution is 0.508. The van der Waals surface area contributed by atoms with E-state index in [-0.39, 0.29) is 0 Å². The van der Waals surface area contributed by atoms with Crippen molar-refractivity contribution in [3.05, 3.63) is 18.0 Å². The Hall–Kier alpha value is -0.830. The highest BCUT2D eigenvalue weighted by Gasteiger charge is 2.12. The van der Waals surface area contributed by atoms with Crippen molar-refractivity contribution >= 4 is 0 Å². The average Bonchev–Trinajstić information content (AvgIpc) is 2.89. The van der Waals surface area contributed by atoms with E-state index in [1.54, 1.807) is 0 Å². The molecule has 0 saturated heterocycles. The summed E-state index contributed by atoms with van der Waals surface area (Å²) in [7, 11) is 1.98. The van der Waals surface area contributed by atoms with E-state index in [1.165, 1.54) is 57.1 Å². The zero-order valence-corrected chi connectivity index (χ0v) is 10.3. The quantitative estimate of drug-likeness (QED) is 0.747. The topological polar surface area (TPSA) is 29.9 Å². The van der Waals surface area contributed by atoms with Crippen LogP contribution >= 0.6 is 0 Å². The summed E-state index contributed by atoms with van der Waals surface area (Å²) in [6, 6.07) is 0.818. The SMILES string of the molecule is Cn1cc(CCCCNC2CCCC2)cn1. The number of hydrogen-bond donors (Lipinski definition) is 1. The Bertz CT molecular complexity index is 300. The van der Waals surface area contributed by atoms with E-state index in [4.69, 9.17) is 0 Å². The van der Waals surface area contributed by atoms with Crippen LogP contribution in [-0.2, 0) is 13.5 Å². The van der Waals surface area contributed by atoms with Gasteiger partial charge in [-0.05, 0) is 44.2 Å². The van der Waals surface area contributed by atoms with E-state index >= 15 is 0 Å². The van der Waals surface area contributed by atoms with Crippen LogP contribution in [0.4, 0.5) is 0 Å². The zero-order valence-electron chi connectivity index (χ0n) is 10.3. The molecule has 1 aromatic heterocycles. The number of aromatic nitrogens is 2. The molecule has 16 heavy (non-hydrogen) atoms. The Kier molecular flexibility index (Phi) is 4.40. The molecule has 1 N–H and O–H groups in total. The molecular formula is C13H23N3. The summed E-state index contributed by atoms with van der Waals surface area (Å²) < 4.78 is 1.88. The van der Waals surface area contributed by atoms with Gasteiger partial charge in [0.05, 0.1) is 6.20 Å². The molecule has 1 fully saturated rings. The standard InChI is InChI=1S/C13H23N3/c1-16-11-12(10-15-16)6-4-5-9-14-13-7-2-3-8-13/h10-11,13-14H,2-9H2,1H3. The summed E-state index contributed by atoms with van der Waals surface area (Å²) >= 11 is 0. The van der Waals surface area contributed by atoms with Crippen molar-refractivity contribution < 1.29 is 0 Å². The van der Waals surface area contributed by atoms with Gasteiger partial charge in [-0.3, -0.25) is 4.68 Å². The predicted molar refractivity (Wildman–Crippen MR) is 66.4 cm³/mol. The van der Waals surface area contributed by atoms with Gasteiger partial charge in [-0.2, -0.15) is 5.10 Å². The molecule has 90 valence electrons. The van der Waals surface area contributed by atoms with Crippen LogP contribution in [0.15, 0.2) is 12.4 Å². The van der Waals surface area contributed by atoms with E-state index in [0.717, 1.165) is 6.04 Å². The largest absolute Gasteiger partial charge is 0.314 e. The normalized spacial score (nSPS) is 17.1. The number of nitrogens with one attached hydrogen (secondary N) is 1. The molecule has 1 saturated carbocycles. The minimum Gasteiger partial charge on any atom is -0.314 e. The van der Waals surface area contributed by atoms with E-state index in [2.05, 4.69) is 16.6 Å². The Labute approximate surface area is 98.2 Å². The minimum absolute atomic E-state index is 0.818. The van der Waals surface area contributed by atoms with E-state index in [0.29, 0.717) is 0 Å². The second-order valence-corrected chi connectivity index (χ2v) is 4.91. The number of unbranched alkanes of at least 4 members (excludes halogenated alkanes) is 1. The first-order valence-corrected chi connectivity index (χ1v) is 6.55. The predicted octanol–water partition coefficient (Wildman–Crippen LogP) is 2.28. The molecule has 1 heterocycles. The molecule has 3 heteroatoms. The lowest BCUT2D eigenvalue weighted by atomic mass is 10.1. The molecule has 3 nitrogen and oxygen atoms in total. The number of nitrogens with zero attached hydrogens (tertiary/aromatic N) is 2. The summed E-state index contributed by atoms with van der Waals surface area (Å²) in [5.74, 6) is 0. The monoisotopic (exact) mass is 221 g/mol. The maximum atomic E-state index is 4.18. The van der Waals surface area contributed by atoms with Crippen LogP contribution in [0.25, 0.3) is 0 Å². The van der Waals surface area contributed by atoms with Gasteiger partial charge in [-0.25, -0.2) is 0 Å². The third-order valence-electron chi connectivity index (χ3n) is 3.44. The van der Waals surface area contributed by atoms with Gasteiger partial charge in [-0.1, -0.05) is 12.8 Å². The van der Waals surface area contributed by atoms with Gasteiger partial charge < -0.3 is 5.32 Å². The maximum Gasteiger partial charge on any atom is 0.0521 e. The summed E-state index contributed by atoms with van der Waals surface area (Å²) in [6.45, 7) is 1.19. The number of rotatable bonds is 6. The first-order valence-electron chi connectivity index (χ1n) is 6.55. The second-order valence-electron chi connectivity index (χ2n) is 4.91. The van der Waals surface area contributed by atoms with Crippen LogP contribution in [0.2, 0.25) is 0 Å². The molecule has 0 radical (unpaired) electrons. The molecule has 1 aliphatic rings. The number of hydrogen-bond acceptors (Lipinski definition) is 2. The molecule has 2 rings (SSSR count). The first kappa shape index (κ1) is 11.6. The Morgan fingerprint density at radius 2 is 2.19 bits per heavy atom. The molecule has 0 spiro atoms. The van der Waals surface area contributed by atoms with Crippen LogP contribution in [0.5, 0.6) is 0 Å². The van der Waals surface area contributed by atoms with Gasteiger partial charge in [0.15, 0.2) is 0 Å². The van der Waals surface area contributed by atoms with Crippen molar-refractivity contribution in [2.45, 2.75) is 51.0 Å². The molecule has 0 amide bonds. The fourth-order valence-electron chi connectivity index (χ4n) is 2.49. The smallest absolute Gasteiger partial charge is 0.0521 e. The highest BCUT2D eigenvalue weighted by Crippen LogP contribution is 2.17. The molecule has 0 atom stereocenters. The van der Waals surface area contributed by atoms with Crippen LogP contribution in [-0.4, -0.2) is 22.4 Å². The lowest BCUT2D eigenvalue weighted by Gasteiger charge is -2.10. The van der Waals surface area contributed by atoms with Crippen LogP contribution < -0.4 is 5.32 Å². The van der Waals surface area contributed by atoms with Crippen molar-refractivity contribution in [2.75, 3.05) is 6.54 Å². The average molecular weight is 221 g/mol. The van der Waals surface area contributed by atoms with Crippen LogP contribution in [0.3, 0.4) is 0 Å². The molecule has 0 unspecified atom stereocenters. The van der Waals surface area contributed by atoms with Gasteiger partial charge in [-0.15, -0.1) is 0 Å². The van der Waals surface area contributed by atoms with Crippen molar-refractivity contribution in [2.24, 2.45) is 7.05 Å². The summed E-state index contributed by atoms with van der Waals surface area (Å²) in [6.07, 6.45) is 13.4. The van der Waals surface area contributed by atoms with Gasteiger partial charge in [0.25, 0.3) is 0 Å². The zero-order chi connectivity index (χ0) is 11.2. The summed E-state index contributed by atoms with van der Waals surface area (Å²) in [4.78, 5) is 0. The maximum absolute atomic E-state index is 4.18. The minimum atomic E-state index is 0.818. The fraction of sp³-hybridized carbons (Fsp3) is 0.769. The summed E-state index contributed by atoms with van der Waals surface area (Å²) in [5, 5.41) is 7.83. The van der Waals surface area contributed by atoms with Gasteiger partial charge in [0, 0.05) is 19.3 Å². The molecule has 0 aliphatic heterocycles. The molecular weight excluding hydrogens is 198 g/mol. The molecule has 1 aliphatic carbocycles. The molecule has 1 aromatic rings. The van der Waals surface area contributed by atoms with Gasteiger partial charge in [0.2, 0.25) is 0 Å². The van der Waals surface area contributed by atoms with Crippen LogP contribution in [0.1, 0.15) is 44.1 Å². The molecule has 0 aromatic carbocycles. The highest BCUT2D eigenvalue weighted by molar-refractivity contribution is 5.03. The fourth-order valence-corrected chi connectivity index (χ4v) is 2.49. The van der Waals surface area contributed by atoms with Crippen molar-refractivity contribution in [1.82, 2.24) is 15.1 Å². The van der Waals surface area contributed by atoms with Gasteiger partial charge in [0.1, 0.15) is 0 Å². The molecule has 0 bridgehead atoms. The van der Waals surface area contributed by atoms with Gasteiger partial charge >= 0.3 is 0 Å². The Balaban J connectivity index is 1.51. The van der Waals surface area contributed by atoms with Crippen LogP contribution in [0, 0.1) is 0 Å². The van der Waals surface area contributed by atoms with E-state index in [1.807, 2.05) is 17.9 Å². The third kappa shape index (κ3) is 3.63. The Morgan fingerprint density at radius 3 is 2.88 bits per heavy atom. The first-order chi connectivity index (χ1) is 7.84. The lowest BCUT2D eigenvalue weighted by Crippen LogP contribution is -2.26. The second kappa shape index (κ2) is 6.04. The summed E-state index contributed by atoms with van der Waals surface area (Å²) in [5.41, 5.74) is 1.36.